The molecule has 0 aliphatic carbocycles. The molecule has 2 aromatic heterocycles. The van der Waals surface area contributed by atoms with Gasteiger partial charge in [0, 0.05) is 37.9 Å². The highest BCUT2D eigenvalue weighted by molar-refractivity contribution is 6.00. The van der Waals surface area contributed by atoms with Crippen molar-refractivity contribution in [2.75, 3.05) is 26.2 Å². The first-order chi connectivity index (χ1) is 16.1. The number of hydrogen-bond acceptors (Lipinski definition) is 4. The highest BCUT2D eigenvalue weighted by Crippen LogP contribution is 2.26. The second-order valence-electron chi connectivity index (χ2n) is 8.10. The number of hydrogen-bond donors (Lipinski definition) is 0. The van der Waals surface area contributed by atoms with Crippen LogP contribution in [0.2, 0.25) is 0 Å². The van der Waals surface area contributed by atoms with E-state index in [2.05, 4.69) is 0 Å². The maximum absolute atomic E-state index is 13.6. The summed E-state index contributed by atoms with van der Waals surface area (Å²) in [4.78, 5) is 29.6. The molecule has 7 heteroatoms. The van der Waals surface area contributed by atoms with Gasteiger partial charge >= 0.3 is 0 Å². The lowest BCUT2D eigenvalue weighted by Gasteiger charge is -2.34. The van der Waals surface area contributed by atoms with E-state index in [0.29, 0.717) is 43.2 Å². The largest absolute Gasteiger partial charge is 0.459 e. The summed E-state index contributed by atoms with van der Waals surface area (Å²) >= 11 is 0. The third kappa shape index (κ3) is 4.17. The van der Waals surface area contributed by atoms with E-state index in [1.807, 2.05) is 61.5 Å². The topological polar surface area (TPSA) is 71.6 Å². The number of nitrogens with zero attached hydrogens (tertiary/aromatic N) is 4. The number of benzene rings is 2. The van der Waals surface area contributed by atoms with E-state index in [-0.39, 0.29) is 11.8 Å². The van der Waals surface area contributed by atoms with Crippen molar-refractivity contribution in [2.24, 2.45) is 0 Å². The first kappa shape index (κ1) is 20.8. The van der Waals surface area contributed by atoms with Crippen molar-refractivity contribution in [1.82, 2.24) is 19.6 Å². The Balaban J connectivity index is 1.41. The molecule has 1 aliphatic heterocycles. The monoisotopic (exact) mass is 440 g/mol. The van der Waals surface area contributed by atoms with Gasteiger partial charge in [-0.1, -0.05) is 42.0 Å². The molecule has 0 saturated carbocycles. The van der Waals surface area contributed by atoms with Crippen molar-refractivity contribution in [1.29, 1.82) is 0 Å². The van der Waals surface area contributed by atoms with E-state index in [4.69, 9.17) is 9.52 Å². The van der Waals surface area contributed by atoms with Crippen LogP contribution < -0.4 is 0 Å². The molecular weight excluding hydrogens is 416 g/mol. The molecule has 0 atom stereocenters. The van der Waals surface area contributed by atoms with Crippen LogP contribution in [0.25, 0.3) is 16.9 Å². The van der Waals surface area contributed by atoms with Gasteiger partial charge < -0.3 is 14.2 Å². The van der Waals surface area contributed by atoms with Crippen molar-refractivity contribution in [3.05, 3.63) is 96.1 Å². The SMILES string of the molecule is Cc1cccc(-c2nn(-c3ccccc3)cc2C(=O)N2CCN(C(=O)c3ccco3)CC2)c1. The van der Waals surface area contributed by atoms with Gasteiger partial charge in [0.05, 0.1) is 17.5 Å². The molecule has 33 heavy (non-hydrogen) atoms. The van der Waals surface area contributed by atoms with Crippen molar-refractivity contribution < 1.29 is 14.0 Å². The lowest BCUT2D eigenvalue weighted by atomic mass is 10.0. The molecule has 5 rings (SSSR count). The van der Waals surface area contributed by atoms with Gasteiger partial charge in [0.15, 0.2) is 5.76 Å². The van der Waals surface area contributed by atoms with Gasteiger partial charge in [-0.3, -0.25) is 9.59 Å². The minimum atomic E-state index is -0.149. The molecule has 0 bridgehead atoms. The zero-order valence-corrected chi connectivity index (χ0v) is 18.3. The van der Waals surface area contributed by atoms with Gasteiger partial charge in [0.2, 0.25) is 0 Å². The van der Waals surface area contributed by atoms with Crippen LogP contribution in [0.5, 0.6) is 0 Å². The number of para-hydroxylation sites is 1. The normalized spacial score (nSPS) is 13.8. The number of aryl methyl sites for hydroxylation is 1. The van der Waals surface area contributed by atoms with Crippen LogP contribution in [-0.2, 0) is 0 Å². The summed E-state index contributed by atoms with van der Waals surface area (Å²) in [5.41, 5.74) is 4.10. The van der Waals surface area contributed by atoms with E-state index < -0.39 is 0 Å². The highest BCUT2D eigenvalue weighted by Gasteiger charge is 2.29. The summed E-state index contributed by atoms with van der Waals surface area (Å²) in [7, 11) is 0. The summed E-state index contributed by atoms with van der Waals surface area (Å²) in [5.74, 6) is 0.0869. The van der Waals surface area contributed by atoms with Gasteiger partial charge in [-0.25, -0.2) is 4.68 Å². The number of rotatable bonds is 4. The van der Waals surface area contributed by atoms with Crippen LogP contribution in [-0.4, -0.2) is 57.6 Å². The number of aromatic nitrogens is 2. The molecule has 1 aliphatic rings. The van der Waals surface area contributed by atoms with Crippen LogP contribution in [0.15, 0.2) is 83.6 Å². The Morgan fingerprint density at radius 2 is 1.58 bits per heavy atom. The highest BCUT2D eigenvalue weighted by atomic mass is 16.3. The van der Waals surface area contributed by atoms with Crippen LogP contribution in [0.4, 0.5) is 0 Å². The third-order valence-corrected chi connectivity index (χ3v) is 5.84. The fourth-order valence-corrected chi connectivity index (χ4v) is 4.09. The van der Waals surface area contributed by atoms with Crippen LogP contribution in [0.1, 0.15) is 26.5 Å². The fraction of sp³-hybridized carbons (Fsp3) is 0.192. The minimum Gasteiger partial charge on any atom is -0.459 e. The number of furan rings is 1. The van der Waals surface area contributed by atoms with E-state index in [9.17, 15) is 9.59 Å². The summed E-state index contributed by atoms with van der Waals surface area (Å²) in [5, 5.41) is 4.78. The average Bonchev–Trinajstić information content (AvgIpc) is 3.55. The Hall–Kier alpha value is -4.13. The molecule has 0 N–H and O–H groups in total. The molecule has 7 nitrogen and oxygen atoms in total. The van der Waals surface area contributed by atoms with Crippen LogP contribution >= 0.6 is 0 Å². The van der Waals surface area contributed by atoms with Gasteiger partial charge in [0.1, 0.15) is 5.69 Å². The lowest BCUT2D eigenvalue weighted by molar-refractivity contribution is 0.0518. The molecule has 0 radical (unpaired) electrons. The maximum atomic E-state index is 13.6. The summed E-state index contributed by atoms with van der Waals surface area (Å²) in [6.45, 7) is 3.84. The fourth-order valence-electron chi connectivity index (χ4n) is 4.09. The van der Waals surface area contributed by atoms with Crippen LogP contribution in [0.3, 0.4) is 0 Å². The molecule has 1 fully saturated rings. The standard InChI is InChI=1S/C26H24N4O3/c1-19-7-5-8-20(17-19)24-22(18-30(27-24)21-9-3-2-4-10-21)25(31)28-12-14-29(15-13-28)26(32)23-11-6-16-33-23/h2-11,16-18H,12-15H2,1H3. The van der Waals surface area contributed by atoms with E-state index >= 15 is 0 Å². The molecule has 1 saturated heterocycles. The number of amides is 2. The molecule has 4 aromatic rings. The maximum Gasteiger partial charge on any atom is 0.289 e. The Bertz CT molecular complexity index is 1270. The smallest absolute Gasteiger partial charge is 0.289 e. The molecule has 0 spiro atoms. The third-order valence-electron chi connectivity index (χ3n) is 5.84. The van der Waals surface area contributed by atoms with Crippen molar-refractivity contribution in [2.45, 2.75) is 6.92 Å². The summed E-state index contributed by atoms with van der Waals surface area (Å²) < 4.78 is 6.98. The van der Waals surface area contributed by atoms with Gasteiger partial charge in [-0.15, -0.1) is 0 Å². The molecule has 0 unspecified atom stereocenters. The molecule has 2 aromatic carbocycles. The Morgan fingerprint density at radius 1 is 0.848 bits per heavy atom. The summed E-state index contributed by atoms with van der Waals surface area (Å²) in [6, 6.07) is 21.1. The van der Waals surface area contributed by atoms with Crippen molar-refractivity contribution >= 4 is 11.8 Å². The van der Waals surface area contributed by atoms with Gasteiger partial charge in [-0.2, -0.15) is 5.10 Å². The van der Waals surface area contributed by atoms with Gasteiger partial charge in [0.25, 0.3) is 11.8 Å². The Kier molecular flexibility index (Phi) is 5.52. The number of carbonyl (C=O) groups excluding carboxylic acids is 2. The van der Waals surface area contributed by atoms with Crippen molar-refractivity contribution in [3.8, 4) is 16.9 Å². The van der Waals surface area contributed by atoms with Gasteiger partial charge in [-0.05, 0) is 37.3 Å². The zero-order chi connectivity index (χ0) is 22.8. The molecular formula is C26H24N4O3. The first-order valence-electron chi connectivity index (χ1n) is 10.9. The molecule has 166 valence electrons. The quantitative estimate of drug-likeness (QED) is 0.480. The zero-order valence-electron chi connectivity index (χ0n) is 18.3. The molecule has 2 amide bonds. The summed E-state index contributed by atoms with van der Waals surface area (Å²) in [6.07, 6.45) is 3.29. The van der Waals surface area contributed by atoms with Crippen LogP contribution in [0, 0.1) is 6.92 Å². The first-order valence-corrected chi connectivity index (χ1v) is 10.9. The number of carbonyl (C=O) groups is 2. The van der Waals surface area contributed by atoms with E-state index in [1.54, 1.807) is 32.8 Å². The minimum absolute atomic E-state index is 0.0845. The van der Waals surface area contributed by atoms with E-state index in [1.165, 1.54) is 6.26 Å². The van der Waals surface area contributed by atoms with Crippen molar-refractivity contribution in [3.63, 3.8) is 0 Å². The molecule has 3 heterocycles. The van der Waals surface area contributed by atoms with E-state index in [0.717, 1.165) is 16.8 Å². The lowest BCUT2D eigenvalue weighted by Crippen LogP contribution is -2.50. The Labute approximate surface area is 191 Å². The predicted octanol–water partition coefficient (Wildman–Crippen LogP) is 4.04. The predicted molar refractivity (Wildman–Crippen MR) is 124 cm³/mol. The average molecular weight is 441 g/mol. The second-order valence-corrected chi connectivity index (χ2v) is 8.10. The Morgan fingerprint density at radius 3 is 2.24 bits per heavy atom. The number of piperazine rings is 1. The second kappa shape index (κ2) is 8.78.